The highest BCUT2D eigenvalue weighted by atomic mass is 19.4. The first kappa shape index (κ1) is 58.3. The van der Waals surface area contributed by atoms with Gasteiger partial charge in [-0.3, -0.25) is 28.8 Å². The number of amides is 2. The molecule has 4 heterocycles. The minimum Gasteiger partial charge on any atom is -0.480 e. The van der Waals surface area contributed by atoms with Crippen LogP contribution in [-0.4, -0.2) is 163 Å². The van der Waals surface area contributed by atoms with E-state index < -0.39 is 66.6 Å². The van der Waals surface area contributed by atoms with Crippen LogP contribution in [0.4, 0.5) is 62.3 Å². The van der Waals surface area contributed by atoms with Crippen LogP contribution in [0.1, 0.15) is 43.0 Å². The van der Waals surface area contributed by atoms with E-state index >= 15 is 0 Å². The molecule has 0 aliphatic carbocycles. The topological polar surface area (TPSA) is 165 Å². The molecule has 2 saturated heterocycles. The maximum atomic E-state index is 12.7. The summed E-state index contributed by atoms with van der Waals surface area (Å²) < 4.78 is 168. The summed E-state index contributed by atoms with van der Waals surface area (Å²) in [7, 11) is 0. The first-order chi connectivity index (χ1) is 34.2. The molecule has 2 aliphatic heterocycles. The number of carbonyl (C=O) groups excluding carboxylic acids is 3. The lowest BCUT2D eigenvalue weighted by Crippen LogP contribution is -2.52. The molecule has 2 aliphatic rings. The minimum absolute atomic E-state index is 0.0694. The van der Waals surface area contributed by atoms with Gasteiger partial charge in [0.05, 0.1) is 11.4 Å². The molecule has 2 fully saturated rings. The van der Waals surface area contributed by atoms with Gasteiger partial charge in [0.1, 0.15) is 18.7 Å². The predicted octanol–water partition coefficient (Wildman–Crippen LogP) is 8.64. The van der Waals surface area contributed by atoms with Gasteiger partial charge in [-0.25, -0.2) is 9.59 Å². The summed E-state index contributed by atoms with van der Waals surface area (Å²) in [5.41, 5.74) is 5.71. The van der Waals surface area contributed by atoms with E-state index in [2.05, 4.69) is 19.7 Å². The Hall–Kier alpha value is -6.58. The van der Waals surface area contributed by atoms with Crippen LogP contribution >= 0.6 is 0 Å². The lowest BCUT2D eigenvalue weighted by atomic mass is 10.0. The van der Waals surface area contributed by atoms with E-state index in [4.69, 9.17) is 9.84 Å². The molecular weight excluding hydrogens is 1020 g/mol. The van der Waals surface area contributed by atoms with Crippen LogP contribution in [0.2, 0.25) is 0 Å². The summed E-state index contributed by atoms with van der Waals surface area (Å²) >= 11 is 0. The van der Waals surface area contributed by atoms with E-state index in [1.54, 1.807) is 39.1 Å². The molecule has 0 spiro atoms. The summed E-state index contributed by atoms with van der Waals surface area (Å²) in [5.74, 6) is -1.48. The zero-order valence-corrected chi connectivity index (χ0v) is 40.3. The molecule has 0 radical (unpaired) electrons. The van der Waals surface area contributed by atoms with Crippen LogP contribution in [-0.2, 0) is 50.0 Å². The summed E-state index contributed by atoms with van der Waals surface area (Å²) in [6, 6.07) is 14.8. The molecule has 0 bridgehead atoms. The van der Waals surface area contributed by atoms with Gasteiger partial charge >= 0.3 is 48.8 Å². The van der Waals surface area contributed by atoms with Gasteiger partial charge in [-0.15, -0.1) is 0 Å². The van der Waals surface area contributed by atoms with Gasteiger partial charge < -0.3 is 29.1 Å². The SMILES string of the molecule is Cc1ccc(CN2CCN(C(=O)OC(C(F)(F)F)C(F)(F)F)CC2)c(-c2ccn(CC(=O)O)n2)c1.Cc1ccc(CN2CCN(C(=O)OC(C(F)(F)F)C(F)(F)F)CC2)c(-c2ccn(CC(=O)OC(C)(C)C)n2)c1. The zero-order chi connectivity index (χ0) is 55.1. The Morgan fingerprint density at radius 3 is 1.23 bits per heavy atom. The zero-order valence-electron chi connectivity index (χ0n) is 40.3. The van der Waals surface area contributed by atoms with Crippen molar-refractivity contribution >= 4 is 24.1 Å². The molecule has 2 aromatic heterocycles. The number of alkyl halides is 12. The molecule has 2 aromatic carbocycles. The Bertz CT molecular complexity index is 2550. The van der Waals surface area contributed by atoms with Crippen molar-refractivity contribution in [3.8, 4) is 22.5 Å². The second kappa shape index (κ2) is 23.3. The third-order valence-electron chi connectivity index (χ3n) is 11.0. The first-order valence-electron chi connectivity index (χ1n) is 22.5. The Morgan fingerprint density at radius 1 is 0.554 bits per heavy atom. The van der Waals surface area contributed by atoms with E-state index in [9.17, 15) is 71.9 Å². The van der Waals surface area contributed by atoms with Crippen molar-refractivity contribution < 1.29 is 91.2 Å². The van der Waals surface area contributed by atoms with Crippen LogP contribution in [0, 0.1) is 13.8 Å². The molecule has 408 valence electrons. The van der Waals surface area contributed by atoms with Crippen molar-refractivity contribution in [3.05, 3.63) is 83.2 Å². The highest BCUT2D eigenvalue weighted by Gasteiger charge is 2.61. The Morgan fingerprint density at radius 2 is 0.905 bits per heavy atom. The van der Waals surface area contributed by atoms with Crippen molar-refractivity contribution in [2.75, 3.05) is 52.4 Å². The van der Waals surface area contributed by atoms with Gasteiger partial charge in [-0.1, -0.05) is 35.4 Å². The second-order valence-corrected chi connectivity index (χ2v) is 18.3. The summed E-state index contributed by atoms with van der Waals surface area (Å²) in [6.45, 7) is 9.84. The molecule has 0 atom stereocenters. The van der Waals surface area contributed by atoms with Gasteiger partial charge in [-0.2, -0.15) is 62.9 Å². The monoisotopic (exact) mass is 1070 g/mol. The van der Waals surface area contributed by atoms with Crippen LogP contribution in [0.15, 0.2) is 60.9 Å². The van der Waals surface area contributed by atoms with E-state index in [0.717, 1.165) is 43.2 Å². The lowest BCUT2D eigenvalue weighted by Gasteiger charge is -2.35. The number of aryl methyl sites for hydroxylation is 2. The highest BCUT2D eigenvalue weighted by molar-refractivity contribution is 5.71. The van der Waals surface area contributed by atoms with Crippen LogP contribution in [0.3, 0.4) is 0 Å². The number of hydrogen-bond acceptors (Lipinski definition) is 11. The molecule has 0 saturated carbocycles. The maximum Gasteiger partial charge on any atom is 0.434 e. The molecule has 1 N–H and O–H groups in total. The van der Waals surface area contributed by atoms with Crippen molar-refractivity contribution in [2.45, 2.75) is 103 Å². The number of rotatable bonds is 12. The van der Waals surface area contributed by atoms with E-state index in [0.29, 0.717) is 24.5 Å². The number of ether oxygens (including phenoxy) is 3. The summed E-state index contributed by atoms with van der Waals surface area (Å²) in [6.07, 6.45) is -31.6. The molecular formula is C46H52F12N8O8. The van der Waals surface area contributed by atoms with Crippen molar-refractivity contribution in [2.24, 2.45) is 0 Å². The number of carbonyl (C=O) groups is 4. The largest absolute Gasteiger partial charge is 0.480 e. The van der Waals surface area contributed by atoms with Crippen molar-refractivity contribution in [3.63, 3.8) is 0 Å². The van der Waals surface area contributed by atoms with Crippen molar-refractivity contribution in [1.29, 1.82) is 0 Å². The van der Waals surface area contributed by atoms with Crippen LogP contribution < -0.4 is 0 Å². The molecule has 4 aromatic rings. The predicted molar refractivity (Wildman–Crippen MR) is 237 cm³/mol. The molecule has 0 unspecified atom stereocenters. The average molecular weight is 1070 g/mol. The minimum atomic E-state index is -5.77. The number of aromatic nitrogens is 4. The molecule has 28 heteroatoms. The normalized spacial score (nSPS) is 15.5. The lowest BCUT2D eigenvalue weighted by molar-refractivity contribution is -0.309. The fourth-order valence-corrected chi connectivity index (χ4v) is 7.61. The fourth-order valence-electron chi connectivity index (χ4n) is 7.61. The maximum absolute atomic E-state index is 12.7. The second-order valence-electron chi connectivity index (χ2n) is 18.3. The molecule has 74 heavy (non-hydrogen) atoms. The van der Waals surface area contributed by atoms with Gasteiger partial charge in [0.15, 0.2) is 0 Å². The molecule has 2 amide bonds. The van der Waals surface area contributed by atoms with Gasteiger partial charge in [0.2, 0.25) is 0 Å². The van der Waals surface area contributed by atoms with E-state index in [1.165, 1.54) is 15.6 Å². The Kier molecular flexibility index (Phi) is 18.4. The number of esters is 1. The van der Waals surface area contributed by atoms with Crippen LogP contribution in [0.5, 0.6) is 0 Å². The van der Waals surface area contributed by atoms with E-state index in [1.807, 2.05) is 60.0 Å². The van der Waals surface area contributed by atoms with Crippen LogP contribution in [0.25, 0.3) is 22.5 Å². The summed E-state index contributed by atoms with van der Waals surface area (Å²) in [5, 5.41) is 17.7. The third kappa shape index (κ3) is 17.0. The number of benzene rings is 2. The number of nitrogens with zero attached hydrogens (tertiary/aromatic N) is 8. The Labute approximate surface area is 415 Å². The fraction of sp³-hybridized carbons (Fsp3) is 0.522. The Balaban J connectivity index is 0.000000276. The highest BCUT2D eigenvalue weighted by Crippen LogP contribution is 2.38. The standard InChI is InChI=1S/C25H30F6N4O4.C21H22F6N4O4/c1-16-5-6-17(18(13-16)19-7-8-35(32-19)15-20(36)39-23(2,3)4)14-33-9-11-34(12-10-33)22(37)38-21(24(26,27)28)25(29,30)31;1-13-2-3-14(15(10-13)16-4-5-31(28-16)12-17(32)33)11-29-6-8-30(9-7-29)19(34)35-18(20(22,23)24)21(25,26)27/h5-8,13,21H,9-12,14-15H2,1-4H3;2-5,10,18H,6-9,11-12H2,1H3,(H,32,33). The average Bonchev–Trinajstić information content (AvgIpc) is 3.93. The van der Waals surface area contributed by atoms with Gasteiger partial charge in [0, 0.05) is 89.0 Å². The number of carboxylic acid groups (broad SMARTS) is 1. The molecule has 6 rings (SSSR count). The summed E-state index contributed by atoms with van der Waals surface area (Å²) in [4.78, 5) is 52.5. The third-order valence-corrected chi connectivity index (χ3v) is 11.0. The number of carboxylic acids is 1. The van der Waals surface area contributed by atoms with E-state index in [-0.39, 0.29) is 65.4 Å². The van der Waals surface area contributed by atoms with Gasteiger partial charge in [0.25, 0.3) is 12.2 Å². The number of aliphatic carboxylic acids is 1. The quantitative estimate of drug-likeness (QED) is 0.0817. The first-order valence-corrected chi connectivity index (χ1v) is 22.5. The number of halogens is 12. The number of hydrogen-bond donors (Lipinski definition) is 1. The smallest absolute Gasteiger partial charge is 0.434 e. The number of piperazine rings is 2. The molecule has 16 nitrogen and oxygen atoms in total. The van der Waals surface area contributed by atoms with Crippen molar-refractivity contribution in [1.82, 2.24) is 39.2 Å². The van der Waals surface area contributed by atoms with Gasteiger partial charge in [-0.05, 0) is 70.0 Å².